The van der Waals surface area contributed by atoms with Crippen molar-refractivity contribution in [3.8, 4) is 6.07 Å². The third-order valence-electron chi connectivity index (χ3n) is 8.04. The molecule has 8 nitrogen and oxygen atoms in total. The van der Waals surface area contributed by atoms with Gasteiger partial charge in [-0.1, -0.05) is 11.6 Å². The number of aromatic nitrogens is 3. The Morgan fingerprint density at radius 1 is 1.24 bits per heavy atom. The van der Waals surface area contributed by atoms with Crippen LogP contribution < -0.4 is 10.2 Å². The van der Waals surface area contributed by atoms with E-state index in [1.165, 1.54) is 0 Å². The molecule has 3 atom stereocenters. The van der Waals surface area contributed by atoms with Crippen LogP contribution in [-0.4, -0.2) is 39.2 Å². The smallest absolute Gasteiger partial charge is 0.254 e. The summed E-state index contributed by atoms with van der Waals surface area (Å²) in [5.74, 6) is 0.980. The number of hydrogen-bond donors (Lipinski definition) is 1. The Morgan fingerprint density at radius 2 is 2.05 bits per heavy atom. The lowest BCUT2D eigenvalue weighted by molar-refractivity contribution is -0.118. The maximum absolute atomic E-state index is 12.9. The number of amides is 2. The van der Waals surface area contributed by atoms with E-state index in [1.54, 1.807) is 35.4 Å². The number of pyridine rings is 1. The number of anilines is 1. The van der Waals surface area contributed by atoms with Gasteiger partial charge >= 0.3 is 0 Å². The summed E-state index contributed by atoms with van der Waals surface area (Å²) in [6.07, 6.45) is 7.64. The second-order valence-electron chi connectivity index (χ2n) is 10.5. The van der Waals surface area contributed by atoms with Crippen LogP contribution in [0.2, 0.25) is 5.02 Å². The van der Waals surface area contributed by atoms with E-state index in [-0.39, 0.29) is 35.7 Å². The van der Waals surface area contributed by atoms with Gasteiger partial charge in [0.25, 0.3) is 5.91 Å². The third-order valence-corrected chi connectivity index (χ3v) is 8.28. The summed E-state index contributed by atoms with van der Waals surface area (Å²) in [5.41, 5.74) is 4.76. The number of fused-ring (bicyclic) bond motifs is 1. The fourth-order valence-corrected chi connectivity index (χ4v) is 5.87. The number of nitrogens with one attached hydrogen (secondary N) is 1. The first-order chi connectivity index (χ1) is 17.8. The summed E-state index contributed by atoms with van der Waals surface area (Å²) in [6.45, 7) is 4.77. The van der Waals surface area contributed by atoms with Crippen LogP contribution >= 0.6 is 11.6 Å². The number of nitrogens with zero attached hydrogens (tertiary/aromatic N) is 5. The van der Waals surface area contributed by atoms with Gasteiger partial charge in [-0.05, 0) is 80.3 Å². The number of aryl methyl sites for hydroxylation is 1. The fourth-order valence-electron chi connectivity index (χ4n) is 5.69. The molecule has 2 aliphatic carbocycles. The van der Waals surface area contributed by atoms with E-state index in [9.17, 15) is 14.9 Å². The lowest BCUT2D eigenvalue weighted by Gasteiger charge is -2.36. The Balaban J connectivity index is 1.08. The molecule has 2 amide bonds. The summed E-state index contributed by atoms with van der Waals surface area (Å²) >= 11 is 6.12. The van der Waals surface area contributed by atoms with E-state index in [2.05, 4.69) is 21.5 Å². The molecule has 37 heavy (non-hydrogen) atoms. The number of carbonyl (C=O) groups is 2. The van der Waals surface area contributed by atoms with Gasteiger partial charge in [0.1, 0.15) is 0 Å². The first kappa shape index (κ1) is 23.7. The molecular formula is C28H27ClN6O2. The number of hydrogen-bond acceptors (Lipinski definition) is 5. The van der Waals surface area contributed by atoms with Crippen LogP contribution in [0.5, 0.6) is 0 Å². The molecule has 1 saturated heterocycles. The molecule has 9 heteroatoms. The molecule has 1 aliphatic heterocycles. The standard InChI is InChI=1S/C28H27ClN6O2/c1-15-5-23(34-13-19-8-25(19)28(34)37)12-31-26(15)16(2)35-14-20(11-32-35)27(36)33-22-6-18(7-22)24-9-21(29)4-3-17(24)10-30/h3-5,9,11-12,14,16,18-19,22,25H,6-8,13H2,1-2H3,(H,33,36)/t16-,18-,19+,22+,25+/m0/s1. The molecule has 1 aromatic carbocycles. The van der Waals surface area contributed by atoms with Gasteiger partial charge in [-0.3, -0.25) is 19.3 Å². The summed E-state index contributed by atoms with van der Waals surface area (Å²) in [5, 5.41) is 17.5. The zero-order valence-corrected chi connectivity index (χ0v) is 21.4. The molecule has 1 N–H and O–H groups in total. The number of halogens is 1. The summed E-state index contributed by atoms with van der Waals surface area (Å²) in [6, 6.07) is 9.44. The van der Waals surface area contributed by atoms with Crippen molar-refractivity contribution in [3.05, 3.63) is 75.8 Å². The van der Waals surface area contributed by atoms with Crippen LogP contribution in [-0.2, 0) is 4.79 Å². The monoisotopic (exact) mass is 514 g/mol. The molecule has 3 heterocycles. The average molecular weight is 515 g/mol. The van der Waals surface area contributed by atoms with Crippen molar-refractivity contribution in [1.29, 1.82) is 5.26 Å². The second-order valence-corrected chi connectivity index (χ2v) is 11.0. The highest BCUT2D eigenvalue weighted by molar-refractivity contribution is 6.30. The minimum absolute atomic E-state index is 0.0413. The van der Waals surface area contributed by atoms with Crippen molar-refractivity contribution in [2.75, 3.05) is 11.4 Å². The third kappa shape index (κ3) is 4.27. The van der Waals surface area contributed by atoms with Gasteiger partial charge in [0.2, 0.25) is 5.91 Å². The molecule has 0 unspecified atom stereocenters. The summed E-state index contributed by atoms with van der Waals surface area (Å²) < 4.78 is 1.74. The minimum Gasteiger partial charge on any atom is -0.349 e. The van der Waals surface area contributed by atoms with E-state index in [1.807, 2.05) is 30.9 Å². The number of piperidine rings is 1. The molecule has 188 valence electrons. The van der Waals surface area contributed by atoms with Crippen LogP contribution in [0.15, 0.2) is 42.9 Å². The Morgan fingerprint density at radius 3 is 2.76 bits per heavy atom. The molecule has 0 radical (unpaired) electrons. The van der Waals surface area contributed by atoms with E-state index in [4.69, 9.17) is 11.6 Å². The molecule has 2 saturated carbocycles. The highest BCUT2D eigenvalue weighted by atomic mass is 35.5. The Bertz CT molecular complexity index is 1450. The fraction of sp³-hybridized carbons (Fsp3) is 0.393. The molecule has 3 aromatic rings. The summed E-state index contributed by atoms with van der Waals surface area (Å²) in [4.78, 5) is 31.8. The van der Waals surface area contributed by atoms with Gasteiger partial charge in [-0.25, -0.2) is 0 Å². The van der Waals surface area contributed by atoms with Gasteiger partial charge in [0.05, 0.1) is 47.0 Å². The quantitative estimate of drug-likeness (QED) is 0.525. The second kappa shape index (κ2) is 9.00. The van der Waals surface area contributed by atoms with Crippen molar-refractivity contribution in [3.63, 3.8) is 0 Å². The first-order valence-electron chi connectivity index (χ1n) is 12.6. The molecule has 2 aromatic heterocycles. The van der Waals surface area contributed by atoms with Gasteiger partial charge in [0.15, 0.2) is 0 Å². The average Bonchev–Trinajstić information content (AvgIpc) is 3.31. The van der Waals surface area contributed by atoms with Crippen LogP contribution in [0, 0.1) is 30.1 Å². The molecule has 0 spiro atoms. The summed E-state index contributed by atoms with van der Waals surface area (Å²) in [7, 11) is 0. The predicted molar refractivity (Wildman–Crippen MR) is 138 cm³/mol. The molecular weight excluding hydrogens is 488 g/mol. The van der Waals surface area contributed by atoms with E-state index < -0.39 is 0 Å². The maximum Gasteiger partial charge on any atom is 0.254 e. The molecule has 0 bridgehead atoms. The Kier molecular flexibility index (Phi) is 5.76. The van der Waals surface area contributed by atoms with Crippen molar-refractivity contribution in [2.24, 2.45) is 11.8 Å². The zero-order valence-electron chi connectivity index (χ0n) is 20.7. The van der Waals surface area contributed by atoms with Crippen LogP contribution in [0.4, 0.5) is 5.69 Å². The van der Waals surface area contributed by atoms with E-state index in [0.717, 1.165) is 48.3 Å². The number of benzene rings is 1. The maximum atomic E-state index is 12.9. The van der Waals surface area contributed by atoms with Crippen LogP contribution in [0.3, 0.4) is 0 Å². The van der Waals surface area contributed by atoms with Crippen LogP contribution in [0.25, 0.3) is 0 Å². The van der Waals surface area contributed by atoms with Crippen LogP contribution in [0.1, 0.15) is 70.9 Å². The minimum atomic E-state index is -0.168. The lowest BCUT2D eigenvalue weighted by Crippen LogP contribution is -2.43. The SMILES string of the molecule is Cc1cc(N2C[C@H]3C[C@H]3C2=O)cnc1[C@H](C)n1cc(C(=O)N[C@H]2C[C@@H](c3cc(Cl)ccc3C#N)C2)cn1. The van der Waals surface area contributed by atoms with Gasteiger partial charge in [-0.2, -0.15) is 10.4 Å². The normalized spacial score (nSPS) is 24.7. The van der Waals surface area contributed by atoms with Gasteiger partial charge in [-0.15, -0.1) is 0 Å². The largest absolute Gasteiger partial charge is 0.349 e. The lowest BCUT2D eigenvalue weighted by atomic mass is 9.74. The van der Waals surface area contributed by atoms with Crippen molar-refractivity contribution < 1.29 is 9.59 Å². The van der Waals surface area contributed by atoms with Gasteiger partial charge in [0, 0.05) is 29.7 Å². The number of carbonyl (C=O) groups excluding carboxylic acids is 2. The highest BCUT2D eigenvalue weighted by Gasteiger charge is 2.52. The van der Waals surface area contributed by atoms with Crippen molar-refractivity contribution in [2.45, 2.75) is 51.1 Å². The molecule has 3 fully saturated rings. The molecule has 3 aliphatic rings. The van der Waals surface area contributed by atoms with Gasteiger partial charge < -0.3 is 10.2 Å². The van der Waals surface area contributed by atoms with E-state index in [0.29, 0.717) is 22.1 Å². The number of rotatable bonds is 6. The van der Waals surface area contributed by atoms with Crippen molar-refractivity contribution in [1.82, 2.24) is 20.1 Å². The molecule has 6 rings (SSSR count). The Labute approximate surface area is 220 Å². The van der Waals surface area contributed by atoms with E-state index >= 15 is 0 Å². The topological polar surface area (TPSA) is 104 Å². The highest BCUT2D eigenvalue weighted by Crippen LogP contribution is 2.47. The van der Waals surface area contributed by atoms with Crippen molar-refractivity contribution >= 4 is 29.1 Å². The Hall–Kier alpha value is -3.70. The number of nitriles is 1. The first-order valence-corrected chi connectivity index (χ1v) is 13.0. The predicted octanol–water partition coefficient (Wildman–Crippen LogP) is 4.38. The zero-order chi connectivity index (χ0) is 25.8.